The molecule has 1 N–H and O–H groups in total. The van der Waals surface area contributed by atoms with Gasteiger partial charge in [0, 0.05) is 11.6 Å². The molecule has 0 bridgehead atoms. The molecule has 0 spiro atoms. The maximum atomic E-state index is 9.32. The highest BCUT2D eigenvalue weighted by Gasteiger charge is 2.29. The molecule has 1 atom stereocenters. The summed E-state index contributed by atoms with van der Waals surface area (Å²) >= 11 is 0. The van der Waals surface area contributed by atoms with Gasteiger partial charge in [-0.05, 0) is 60.2 Å². The molecule has 0 aliphatic heterocycles. The molecule has 0 amide bonds. The molecule has 0 aromatic heterocycles. The maximum absolute atomic E-state index is 9.32. The van der Waals surface area contributed by atoms with Crippen LogP contribution in [0.4, 0.5) is 5.69 Å². The van der Waals surface area contributed by atoms with E-state index in [0.29, 0.717) is 5.92 Å². The van der Waals surface area contributed by atoms with Crippen LogP contribution < -0.4 is 0 Å². The highest BCUT2D eigenvalue weighted by atomic mass is 16.3. The molecular formula is C24H34N2O. The molecular weight excluding hydrogens is 332 g/mol. The van der Waals surface area contributed by atoms with Crippen molar-refractivity contribution in [2.45, 2.75) is 66.2 Å². The average Bonchev–Trinajstić information content (AvgIpc) is 2.70. The Morgan fingerprint density at radius 1 is 1.07 bits per heavy atom. The lowest BCUT2D eigenvalue weighted by Crippen LogP contribution is -2.24. The van der Waals surface area contributed by atoms with Crippen LogP contribution in [-0.2, 0) is 5.41 Å². The molecule has 0 saturated carbocycles. The van der Waals surface area contributed by atoms with Crippen molar-refractivity contribution in [3.05, 3.63) is 71.4 Å². The number of allylic oxidation sites excluding steroid dienone is 1. The lowest BCUT2D eigenvalue weighted by molar-refractivity contribution is 0.475. The van der Waals surface area contributed by atoms with E-state index in [1.165, 1.54) is 16.7 Å². The molecule has 0 aliphatic rings. The van der Waals surface area contributed by atoms with Crippen molar-refractivity contribution >= 4 is 5.69 Å². The van der Waals surface area contributed by atoms with Crippen LogP contribution in [0.2, 0.25) is 0 Å². The highest BCUT2D eigenvalue weighted by Crippen LogP contribution is 2.39. The van der Waals surface area contributed by atoms with Crippen molar-refractivity contribution in [3.8, 4) is 5.75 Å². The van der Waals surface area contributed by atoms with E-state index in [0.717, 1.165) is 12.1 Å². The van der Waals surface area contributed by atoms with Crippen molar-refractivity contribution in [2.24, 2.45) is 10.2 Å². The van der Waals surface area contributed by atoms with E-state index in [1.54, 1.807) is 24.3 Å². The molecule has 0 saturated heterocycles. The van der Waals surface area contributed by atoms with Crippen LogP contribution in [0.3, 0.4) is 0 Å². The minimum absolute atomic E-state index is 0.0746. The Balaban J connectivity index is 0.00000176. The first kappa shape index (κ1) is 22.6. The summed E-state index contributed by atoms with van der Waals surface area (Å²) in [6.45, 7) is 15.1. The predicted octanol–water partition coefficient (Wildman–Crippen LogP) is 7.90. The lowest BCUT2D eigenvalue weighted by atomic mass is 9.71. The maximum Gasteiger partial charge on any atom is 0.115 e. The van der Waals surface area contributed by atoms with Crippen LogP contribution in [0.5, 0.6) is 5.75 Å². The van der Waals surface area contributed by atoms with Crippen LogP contribution >= 0.6 is 0 Å². The van der Waals surface area contributed by atoms with Gasteiger partial charge in [-0.15, -0.1) is 0 Å². The van der Waals surface area contributed by atoms with Crippen molar-refractivity contribution in [3.63, 3.8) is 0 Å². The summed E-state index contributed by atoms with van der Waals surface area (Å²) in [5, 5.41) is 17.8. The van der Waals surface area contributed by atoms with Gasteiger partial charge in [0.15, 0.2) is 0 Å². The number of aromatic hydroxyl groups is 1. The van der Waals surface area contributed by atoms with Gasteiger partial charge in [-0.2, -0.15) is 10.2 Å². The third-order valence-corrected chi connectivity index (χ3v) is 5.03. The summed E-state index contributed by atoms with van der Waals surface area (Å²) in [6.07, 6.45) is 2.85. The van der Waals surface area contributed by atoms with Crippen LogP contribution in [0.1, 0.15) is 71.9 Å². The fourth-order valence-corrected chi connectivity index (χ4v) is 3.03. The minimum Gasteiger partial charge on any atom is -0.508 e. The molecule has 0 fully saturated rings. The molecule has 27 heavy (non-hydrogen) atoms. The Labute approximate surface area is 164 Å². The molecule has 0 radical (unpaired) electrons. The van der Waals surface area contributed by atoms with E-state index in [1.807, 2.05) is 20.0 Å². The minimum atomic E-state index is -0.0746. The quantitative estimate of drug-likeness (QED) is 0.519. The molecule has 2 aromatic carbocycles. The second-order valence-electron chi connectivity index (χ2n) is 6.97. The third-order valence-electron chi connectivity index (χ3n) is 5.03. The Morgan fingerprint density at radius 2 is 1.67 bits per heavy atom. The third kappa shape index (κ3) is 5.78. The van der Waals surface area contributed by atoms with Crippen LogP contribution in [-0.4, -0.2) is 5.11 Å². The van der Waals surface area contributed by atoms with E-state index in [9.17, 15) is 5.11 Å². The first-order valence-electron chi connectivity index (χ1n) is 9.85. The van der Waals surface area contributed by atoms with E-state index in [2.05, 4.69) is 69.1 Å². The first-order valence-corrected chi connectivity index (χ1v) is 9.85. The van der Waals surface area contributed by atoms with Gasteiger partial charge in [0.1, 0.15) is 5.75 Å². The van der Waals surface area contributed by atoms with Crippen LogP contribution in [0.15, 0.2) is 70.5 Å². The number of hydrogen-bond donors (Lipinski definition) is 1. The number of azo groups is 1. The SMILES string of the molecule is CC.CCC(C)(/C(C)=C\N=Nc1ccc(O)cc1)c1ccccc1C(C)C. The van der Waals surface area contributed by atoms with Gasteiger partial charge < -0.3 is 5.11 Å². The van der Waals surface area contributed by atoms with Gasteiger partial charge in [0.25, 0.3) is 0 Å². The number of hydrogen-bond acceptors (Lipinski definition) is 3. The van der Waals surface area contributed by atoms with Gasteiger partial charge in [-0.3, -0.25) is 0 Å². The zero-order valence-electron chi connectivity index (χ0n) is 17.8. The second-order valence-corrected chi connectivity index (χ2v) is 6.97. The summed E-state index contributed by atoms with van der Waals surface area (Å²) in [7, 11) is 0. The molecule has 3 nitrogen and oxygen atoms in total. The Morgan fingerprint density at radius 3 is 2.22 bits per heavy atom. The van der Waals surface area contributed by atoms with Gasteiger partial charge in [0.2, 0.25) is 0 Å². The second kappa shape index (κ2) is 10.7. The molecule has 146 valence electrons. The van der Waals surface area contributed by atoms with Gasteiger partial charge in [-0.25, -0.2) is 0 Å². The molecule has 1 unspecified atom stereocenters. The summed E-state index contributed by atoms with van der Waals surface area (Å²) in [4.78, 5) is 0. The number of benzene rings is 2. The van der Waals surface area contributed by atoms with Crippen molar-refractivity contribution in [1.29, 1.82) is 0 Å². The van der Waals surface area contributed by atoms with Gasteiger partial charge in [0.05, 0.1) is 5.69 Å². The first-order chi connectivity index (χ1) is 12.9. The van der Waals surface area contributed by atoms with Crippen molar-refractivity contribution in [2.75, 3.05) is 0 Å². The zero-order chi connectivity index (χ0) is 20.4. The summed E-state index contributed by atoms with van der Waals surface area (Å²) in [5.41, 5.74) is 4.58. The Hall–Kier alpha value is -2.42. The summed E-state index contributed by atoms with van der Waals surface area (Å²) in [5.74, 6) is 0.711. The normalized spacial score (nSPS) is 14.0. The van der Waals surface area contributed by atoms with E-state index < -0.39 is 0 Å². The van der Waals surface area contributed by atoms with E-state index in [-0.39, 0.29) is 11.2 Å². The average molecular weight is 367 g/mol. The number of nitrogens with zero attached hydrogens (tertiary/aromatic N) is 2. The number of rotatable bonds is 6. The topological polar surface area (TPSA) is 45.0 Å². The molecule has 0 heterocycles. The van der Waals surface area contributed by atoms with Crippen LogP contribution in [0.25, 0.3) is 0 Å². The van der Waals surface area contributed by atoms with Crippen LogP contribution in [0, 0.1) is 0 Å². The Bertz CT molecular complexity index is 760. The molecule has 3 heteroatoms. The standard InChI is InChI=1S/C22H28N2O.C2H6/c1-6-22(5,21-10-8-7-9-20(21)16(2)3)17(4)15-23-24-18-11-13-19(25)14-12-18;1-2/h7-16,25H,6H2,1-5H3;1-2H3/b17-15-,24-23?;. The highest BCUT2D eigenvalue weighted by molar-refractivity contribution is 5.42. The lowest BCUT2D eigenvalue weighted by Gasteiger charge is -2.33. The molecule has 2 rings (SSSR count). The molecule has 2 aromatic rings. The number of phenolic OH excluding ortho intramolecular Hbond substituents is 1. The smallest absolute Gasteiger partial charge is 0.115 e. The summed E-state index contributed by atoms with van der Waals surface area (Å²) < 4.78 is 0. The van der Waals surface area contributed by atoms with Crippen molar-refractivity contribution in [1.82, 2.24) is 0 Å². The fourth-order valence-electron chi connectivity index (χ4n) is 3.03. The molecule has 0 aliphatic carbocycles. The summed E-state index contributed by atoms with van der Waals surface area (Å²) in [6, 6.07) is 15.4. The predicted molar refractivity (Wildman–Crippen MR) is 116 cm³/mol. The van der Waals surface area contributed by atoms with Crippen molar-refractivity contribution < 1.29 is 5.11 Å². The van der Waals surface area contributed by atoms with E-state index in [4.69, 9.17) is 0 Å². The zero-order valence-corrected chi connectivity index (χ0v) is 17.8. The van der Waals surface area contributed by atoms with Gasteiger partial charge in [-0.1, -0.05) is 65.8 Å². The monoisotopic (exact) mass is 366 g/mol. The Kier molecular flexibility index (Phi) is 8.93. The van der Waals surface area contributed by atoms with Gasteiger partial charge >= 0.3 is 0 Å². The van der Waals surface area contributed by atoms with E-state index >= 15 is 0 Å². The largest absolute Gasteiger partial charge is 0.508 e. The number of phenols is 1. The fraction of sp³-hybridized carbons (Fsp3) is 0.417.